The summed E-state index contributed by atoms with van der Waals surface area (Å²) in [7, 11) is -3.23. The molecule has 1 heterocycles. The minimum Gasteiger partial charge on any atom is -0.395 e. The van der Waals surface area contributed by atoms with Gasteiger partial charge in [0.05, 0.1) is 11.5 Å². The summed E-state index contributed by atoms with van der Waals surface area (Å²) in [5.74, 6) is 2.39. The SMILES string of the molecule is C=C(C(=O)Nc1cc(C(C)(C)CO)on1)S(=C)(=O)CCCC(F)(F)F. The molecule has 0 aliphatic heterocycles. The van der Waals surface area contributed by atoms with Crippen molar-refractivity contribution in [1.29, 1.82) is 0 Å². The van der Waals surface area contributed by atoms with Gasteiger partial charge in [-0.05, 0) is 12.3 Å². The lowest BCUT2D eigenvalue weighted by Crippen LogP contribution is -2.23. The number of halogens is 3. The number of hydrogen-bond donors (Lipinski definition) is 2. The minimum atomic E-state index is -4.37. The summed E-state index contributed by atoms with van der Waals surface area (Å²) in [5.41, 5.74) is -0.718. The number of hydrogen-bond acceptors (Lipinski definition) is 5. The van der Waals surface area contributed by atoms with E-state index in [1.54, 1.807) is 13.8 Å². The van der Waals surface area contributed by atoms with Crippen LogP contribution in [0, 0.1) is 0 Å². The van der Waals surface area contributed by atoms with Gasteiger partial charge in [-0.2, -0.15) is 13.2 Å². The van der Waals surface area contributed by atoms with Crippen LogP contribution >= 0.6 is 0 Å². The molecule has 0 radical (unpaired) electrons. The highest BCUT2D eigenvalue weighted by atomic mass is 32.2. The van der Waals surface area contributed by atoms with E-state index in [-0.39, 0.29) is 12.4 Å². The van der Waals surface area contributed by atoms with Gasteiger partial charge in [0, 0.05) is 33.2 Å². The topological polar surface area (TPSA) is 92.4 Å². The van der Waals surface area contributed by atoms with Crippen LogP contribution < -0.4 is 5.32 Å². The summed E-state index contributed by atoms with van der Waals surface area (Å²) < 4.78 is 53.8. The first-order valence-corrected chi connectivity index (χ1v) is 9.18. The molecule has 0 aliphatic rings. The van der Waals surface area contributed by atoms with Crippen molar-refractivity contribution in [3.05, 3.63) is 23.3 Å². The molecule has 1 rings (SSSR count). The van der Waals surface area contributed by atoms with Crippen molar-refractivity contribution in [2.75, 3.05) is 17.7 Å². The first-order valence-electron chi connectivity index (χ1n) is 7.28. The van der Waals surface area contributed by atoms with E-state index in [0.717, 1.165) is 0 Å². The number of nitrogens with one attached hydrogen (secondary N) is 1. The van der Waals surface area contributed by atoms with E-state index >= 15 is 0 Å². The van der Waals surface area contributed by atoms with Crippen molar-refractivity contribution in [3.63, 3.8) is 0 Å². The molecule has 0 saturated heterocycles. The molecule has 142 valence electrons. The smallest absolute Gasteiger partial charge is 0.389 e. The quantitative estimate of drug-likeness (QED) is 0.532. The zero-order valence-electron chi connectivity index (χ0n) is 14.0. The Morgan fingerprint density at radius 3 is 2.56 bits per heavy atom. The van der Waals surface area contributed by atoms with Crippen molar-refractivity contribution in [2.45, 2.75) is 38.3 Å². The second-order valence-electron chi connectivity index (χ2n) is 6.23. The van der Waals surface area contributed by atoms with Crippen molar-refractivity contribution in [1.82, 2.24) is 5.16 Å². The molecular weight excluding hydrogens is 361 g/mol. The van der Waals surface area contributed by atoms with Gasteiger partial charge in [-0.25, -0.2) is 0 Å². The van der Waals surface area contributed by atoms with Gasteiger partial charge >= 0.3 is 6.18 Å². The number of aliphatic hydroxyl groups excluding tert-OH is 1. The highest BCUT2D eigenvalue weighted by Crippen LogP contribution is 2.25. The highest BCUT2D eigenvalue weighted by molar-refractivity contribution is 8.04. The van der Waals surface area contributed by atoms with Gasteiger partial charge in [0.25, 0.3) is 5.91 Å². The average molecular weight is 382 g/mol. The van der Waals surface area contributed by atoms with Gasteiger partial charge in [0.15, 0.2) is 5.82 Å². The number of anilines is 1. The van der Waals surface area contributed by atoms with Gasteiger partial charge < -0.3 is 14.9 Å². The van der Waals surface area contributed by atoms with Gasteiger partial charge in [-0.1, -0.05) is 25.6 Å². The van der Waals surface area contributed by atoms with Crippen LogP contribution in [-0.2, 0) is 19.7 Å². The Labute approximate surface area is 144 Å². The number of carbonyl (C=O) groups excluding carboxylic acids is 1. The fraction of sp³-hybridized carbons (Fsp3) is 0.533. The second kappa shape index (κ2) is 7.61. The molecule has 1 unspecified atom stereocenters. The minimum absolute atomic E-state index is 0.00756. The largest absolute Gasteiger partial charge is 0.395 e. The number of alkyl halides is 3. The van der Waals surface area contributed by atoms with Crippen LogP contribution in [0.2, 0.25) is 0 Å². The van der Waals surface area contributed by atoms with E-state index < -0.39 is 50.5 Å². The van der Waals surface area contributed by atoms with Crippen LogP contribution in [0.3, 0.4) is 0 Å². The Hall–Kier alpha value is -1.81. The van der Waals surface area contributed by atoms with Gasteiger partial charge in [-0.3, -0.25) is 9.00 Å². The van der Waals surface area contributed by atoms with E-state index in [2.05, 4.69) is 22.9 Å². The molecule has 1 amide bonds. The summed E-state index contributed by atoms with van der Waals surface area (Å²) in [6.07, 6.45) is -5.90. The zero-order chi connectivity index (χ0) is 19.5. The Morgan fingerprint density at radius 2 is 2.04 bits per heavy atom. The Bertz CT molecular complexity index is 736. The number of carbonyl (C=O) groups is 1. The summed E-state index contributed by atoms with van der Waals surface area (Å²) in [5, 5.41) is 15.2. The van der Waals surface area contributed by atoms with Crippen LogP contribution in [0.25, 0.3) is 0 Å². The van der Waals surface area contributed by atoms with E-state index in [1.807, 2.05) is 0 Å². The van der Waals surface area contributed by atoms with Gasteiger partial charge in [0.1, 0.15) is 5.76 Å². The molecule has 1 aromatic rings. The molecule has 1 atom stereocenters. The van der Waals surface area contributed by atoms with Crippen molar-refractivity contribution in [2.24, 2.45) is 0 Å². The number of nitrogens with zero attached hydrogens (tertiary/aromatic N) is 1. The third kappa shape index (κ3) is 6.20. The molecule has 0 fully saturated rings. The van der Waals surface area contributed by atoms with Crippen LogP contribution in [-0.4, -0.2) is 44.8 Å². The van der Waals surface area contributed by atoms with E-state index in [9.17, 15) is 27.3 Å². The maximum atomic E-state index is 12.3. The fourth-order valence-electron chi connectivity index (χ4n) is 1.71. The maximum absolute atomic E-state index is 12.3. The van der Waals surface area contributed by atoms with E-state index in [4.69, 9.17) is 4.52 Å². The zero-order valence-corrected chi connectivity index (χ0v) is 14.8. The lowest BCUT2D eigenvalue weighted by Gasteiger charge is -2.16. The monoisotopic (exact) mass is 382 g/mol. The van der Waals surface area contributed by atoms with Crippen LogP contribution in [0.4, 0.5) is 19.0 Å². The summed E-state index contributed by atoms with van der Waals surface area (Å²) in [6.45, 7) is 6.56. The standard InChI is InChI=1S/C15H21F3N2O4S/c1-10(25(4,23)7-5-6-15(16,17)18)13(22)19-12-8-11(24-20-12)14(2,3)9-21/h8,21H,1,4-7,9H2,2-3H3,(H,19,20,22). The molecule has 0 aliphatic carbocycles. The van der Waals surface area contributed by atoms with Gasteiger partial charge in [-0.15, -0.1) is 0 Å². The Morgan fingerprint density at radius 1 is 1.44 bits per heavy atom. The van der Waals surface area contributed by atoms with Crippen LogP contribution in [0.15, 0.2) is 22.1 Å². The molecule has 0 bridgehead atoms. The molecule has 0 saturated carbocycles. The van der Waals surface area contributed by atoms with Crippen molar-refractivity contribution in [3.8, 4) is 0 Å². The number of rotatable bonds is 8. The van der Waals surface area contributed by atoms with E-state index in [1.165, 1.54) is 6.07 Å². The first-order chi connectivity index (χ1) is 11.3. The maximum Gasteiger partial charge on any atom is 0.389 e. The molecule has 1 aromatic heterocycles. The molecule has 0 aromatic carbocycles. The molecule has 10 heteroatoms. The predicted molar refractivity (Wildman–Crippen MR) is 89.8 cm³/mol. The number of aliphatic hydroxyl groups is 1. The highest BCUT2D eigenvalue weighted by Gasteiger charge is 2.28. The predicted octanol–water partition coefficient (Wildman–Crippen LogP) is 2.46. The first kappa shape index (κ1) is 21.2. The Balaban J connectivity index is 2.72. The molecule has 25 heavy (non-hydrogen) atoms. The third-order valence-electron chi connectivity index (χ3n) is 3.45. The van der Waals surface area contributed by atoms with Gasteiger partial charge in [0.2, 0.25) is 0 Å². The van der Waals surface area contributed by atoms with E-state index in [0.29, 0.717) is 5.76 Å². The summed E-state index contributed by atoms with van der Waals surface area (Å²) in [6, 6.07) is 1.38. The molecule has 2 N–H and O–H groups in total. The van der Waals surface area contributed by atoms with Crippen molar-refractivity contribution < 1.29 is 31.8 Å². The van der Waals surface area contributed by atoms with Crippen LogP contribution in [0.5, 0.6) is 0 Å². The van der Waals surface area contributed by atoms with Crippen molar-refractivity contribution >= 4 is 27.1 Å². The summed E-state index contributed by atoms with van der Waals surface area (Å²) in [4.78, 5) is 11.6. The van der Waals surface area contributed by atoms with Crippen LogP contribution in [0.1, 0.15) is 32.4 Å². The Kier molecular flexibility index (Phi) is 6.46. The molecule has 0 spiro atoms. The average Bonchev–Trinajstić information content (AvgIpc) is 2.94. The lowest BCUT2D eigenvalue weighted by molar-refractivity contribution is -0.134. The second-order valence-corrected chi connectivity index (χ2v) is 8.76. The normalized spacial score (nSPS) is 14.8. The molecule has 6 nitrogen and oxygen atoms in total. The molecular formula is C15H21F3N2O4S. The third-order valence-corrected chi connectivity index (χ3v) is 5.48. The fourth-order valence-corrected chi connectivity index (χ4v) is 2.96. The summed E-state index contributed by atoms with van der Waals surface area (Å²) >= 11 is 0. The number of amides is 1. The number of aromatic nitrogens is 1. The lowest BCUT2D eigenvalue weighted by atomic mass is 9.92.